The van der Waals surface area contributed by atoms with Crippen LogP contribution in [0.15, 0.2) is 34.5 Å². The van der Waals surface area contributed by atoms with Gasteiger partial charge in [-0.15, -0.1) is 24.5 Å². The van der Waals surface area contributed by atoms with Gasteiger partial charge >= 0.3 is 6.36 Å². The first-order valence-electron chi connectivity index (χ1n) is 9.59. The fraction of sp³-hybridized carbons (Fsp3) is 0.474. The van der Waals surface area contributed by atoms with Gasteiger partial charge in [0.1, 0.15) is 5.75 Å². The minimum atomic E-state index is -4.91. The number of hydrogen-bond acceptors (Lipinski definition) is 6. The molecule has 0 radical (unpaired) electrons. The number of alkyl halides is 3. The maximum Gasteiger partial charge on any atom is 0.573 e. The summed E-state index contributed by atoms with van der Waals surface area (Å²) in [4.78, 5) is 16.4. The van der Waals surface area contributed by atoms with E-state index in [0.29, 0.717) is 25.8 Å². The summed E-state index contributed by atoms with van der Waals surface area (Å²) in [6.45, 7) is 2.58. The van der Waals surface area contributed by atoms with Gasteiger partial charge < -0.3 is 10.1 Å². The summed E-state index contributed by atoms with van der Waals surface area (Å²) in [6, 6.07) is 4.30. The molecule has 31 heavy (non-hydrogen) atoms. The molecule has 1 aromatic heterocycles. The standard InChI is InChI=1S/C19H22F3N3O4S2/c1-13-24-15(12-30-13)5-8-23-18(26)14-6-9-25(10-7-14)31(27,28)17-4-2-3-16(11-17)29-19(20,21)22/h2-4,11-12,14H,5-10H2,1H3,(H,23,26). The molecule has 1 aromatic carbocycles. The summed E-state index contributed by atoms with van der Waals surface area (Å²) < 4.78 is 67.8. The Morgan fingerprint density at radius 2 is 2.03 bits per heavy atom. The zero-order chi connectivity index (χ0) is 22.6. The number of ether oxygens (including phenoxy) is 1. The summed E-state index contributed by atoms with van der Waals surface area (Å²) in [5.41, 5.74) is 0.917. The van der Waals surface area contributed by atoms with Crippen LogP contribution in [0.1, 0.15) is 23.5 Å². The SMILES string of the molecule is Cc1nc(CCNC(=O)C2CCN(S(=O)(=O)c3cccc(OC(F)(F)F)c3)CC2)cs1. The normalized spacial score (nSPS) is 16.3. The summed E-state index contributed by atoms with van der Waals surface area (Å²) in [6.07, 6.45) is -3.62. The molecule has 0 atom stereocenters. The number of sulfonamides is 1. The highest BCUT2D eigenvalue weighted by molar-refractivity contribution is 7.89. The molecule has 2 aromatic rings. The number of thiazole rings is 1. The predicted molar refractivity (Wildman–Crippen MR) is 108 cm³/mol. The van der Waals surface area contributed by atoms with Crippen LogP contribution in [0.25, 0.3) is 0 Å². The largest absolute Gasteiger partial charge is 0.573 e. The van der Waals surface area contributed by atoms with E-state index in [1.807, 2.05) is 12.3 Å². The topological polar surface area (TPSA) is 88.6 Å². The number of amides is 1. The van der Waals surface area contributed by atoms with Gasteiger partial charge in [-0.2, -0.15) is 4.31 Å². The van der Waals surface area contributed by atoms with E-state index in [0.717, 1.165) is 22.8 Å². The fourth-order valence-corrected chi connectivity index (χ4v) is 5.47. The third-order valence-electron chi connectivity index (χ3n) is 4.85. The van der Waals surface area contributed by atoms with Crippen molar-refractivity contribution >= 4 is 27.3 Å². The molecule has 1 fully saturated rings. The number of halogens is 3. The van der Waals surface area contributed by atoms with Crippen molar-refractivity contribution in [2.75, 3.05) is 19.6 Å². The van der Waals surface area contributed by atoms with E-state index >= 15 is 0 Å². The number of piperidine rings is 1. The molecule has 1 amide bonds. The molecule has 0 bridgehead atoms. The van der Waals surface area contributed by atoms with Crippen molar-refractivity contribution < 1.29 is 31.1 Å². The molecule has 7 nitrogen and oxygen atoms in total. The van der Waals surface area contributed by atoms with Crippen LogP contribution in [-0.2, 0) is 21.2 Å². The van der Waals surface area contributed by atoms with E-state index in [4.69, 9.17) is 0 Å². The minimum Gasteiger partial charge on any atom is -0.406 e. The first-order chi connectivity index (χ1) is 14.5. The lowest BCUT2D eigenvalue weighted by Crippen LogP contribution is -2.43. The van der Waals surface area contributed by atoms with E-state index in [9.17, 15) is 26.4 Å². The smallest absolute Gasteiger partial charge is 0.406 e. The van der Waals surface area contributed by atoms with Crippen molar-refractivity contribution in [3.05, 3.63) is 40.3 Å². The van der Waals surface area contributed by atoms with Crippen molar-refractivity contribution in [2.24, 2.45) is 5.92 Å². The number of hydrogen-bond donors (Lipinski definition) is 1. The lowest BCUT2D eigenvalue weighted by Gasteiger charge is -2.30. The molecule has 1 aliphatic heterocycles. The molecule has 1 saturated heterocycles. The Bertz CT molecular complexity index is 1020. The van der Waals surface area contributed by atoms with E-state index in [2.05, 4.69) is 15.0 Å². The van der Waals surface area contributed by atoms with Crippen LogP contribution in [-0.4, -0.2) is 49.6 Å². The van der Waals surface area contributed by atoms with E-state index in [1.54, 1.807) is 11.3 Å². The summed E-state index contributed by atoms with van der Waals surface area (Å²) in [5, 5.41) is 5.77. The molecule has 0 unspecified atom stereocenters. The summed E-state index contributed by atoms with van der Waals surface area (Å²) >= 11 is 1.55. The van der Waals surface area contributed by atoms with Gasteiger partial charge in [0.05, 0.1) is 15.6 Å². The number of nitrogens with one attached hydrogen (secondary N) is 1. The minimum absolute atomic E-state index is 0.107. The first-order valence-corrected chi connectivity index (χ1v) is 11.9. The van der Waals surface area contributed by atoms with Gasteiger partial charge in [0, 0.05) is 43.4 Å². The Kier molecular flexibility index (Phi) is 7.22. The Morgan fingerprint density at radius 3 is 2.65 bits per heavy atom. The second-order valence-electron chi connectivity index (χ2n) is 7.10. The highest BCUT2D eigenvalue weighted by Crippen LogP contribution is 2.28. The molecule has 0 aliphatic carbocycles. The number of carbonyl (C=O) groups is 1. The number of nitrogens with zero attached hydrogens (tertiary/aromatic N) is 2. The van der Waals surface area contributed by atoms with Gasteiger partial charge in [0.15, 0.2) is 0 Å². The third-order valence-corrected chi connectivity index (χ3v) is 7.57. The van der Waals surface area contributed by atoms with Gasteiger partial charge in [-0.1, -0.05) is 6.07 Å². The Balaban J connectivity index is 1.53. The van der Waals surface area contributed by atoms with Gasteiger partial charge in [-0.3, -0.25) is 4.79 Å². The predicted octanol–water partition coefficient (Wildman–Crippen LogP) is 3.11. The monoisotopic (exact) mass is 477 g/mol. The molecule has 12 heteroatoms. The second-order valence-corrected chi connectivity index (χ2v) is 10.1. The maximum absolute atomic E-state index is 12.8. The molecule has 1 aliphatic rings. The molecule has 0 saturated carbocycles. The summed E-state index contributed by atoms with van der Waals surface area (Å²) in [7, 11) is -3.99. The molecular weight excluding hydrogens is 455 g/mol. The van der Waals surface area contributed by atoms with Crippen LogP contribution >= 0.6 is 11.3 Å². The van der Waals surface area contributed by atoms with Gasteiger partial charge in [-0.25, -0.2) is 13.4 Å². The number of rotatable bonds is 7. The lowest BCUT2D eigenvalue weighted by atomic mass is 9.97. The maximum atomic E-state index is 12.8. The Morgan fingerprint density at radius 1 is 1.32 bits per heavy atom. The molecule has 1 N–H and O–H groups in total. The van der Waals surface area contributed by atoms with E-state index in [-0.39, 0.29) is 29.8 Å². The molecular formula is C19H22F3N3O4S2. The van der Waals surface area contributed by atoms with Gasteiger partial charge in [-0.05, 0) is 31.9 Å². The average Bonchev–Trinajstić information content (AvgIpc) is 3.12. The summed E-state index contributed by atoms with van der Waals surface area (Å²) in [5.74, 6) is -1.05. The Labute approximate surface area is 182 Å². The quantitative estimate of drug-likeness (QED) is 0.662. The van der Waals surface area contributed by atoms with Crippen molar-refractivity contribution in [1.29, 1.82) is 0 Å². The molecule has 2 heterocycles. The molecule has 0 spiro atoms. The number of aryl methyl sites for hydroxylation is 1. The number of benzene rings is 1. The van der Waals surface area contributed by atoms with Crippen LogP contribution in [0.3, 0.4) is 0 Å². The van der Waals surface area contributed by atoms with E-state index < -0.39 is 22.1 Å². The van der Waals surface area contributed by atoms with Crippen LogP contribution < -0.4 is 10.1 Å². The number of carbonyl (C=O) groups excluding carboxylic acids is 1. The van der Waals surface area contributed by atoms with Crippen molar-refractivity contribution in [1.82, 2.24) is 14.6 Å². The molecule has 3 rings (SSSR count). The van der Waals surface area contributed by atoms with Gasteiger partial charge in [0.25, 0.3) is 0 Å². The molecule has 170 valence electrons. The second kappa shape index (κ2) is 9.53. The van der Waals surface area contributed by atoms with Crippen LogP contribution in [0.5, 0.6) is 5.75 Å². The highest BCUT2D eigenvalue weighted by atomic mass is 32.2. The lowest BCUT2D eigenvalue weighted by molar-refractivity contribution is -0.274. The van der Waals surface area contributed by atoms with E-state index in [1.165, 1.54) is 16.4 Å². The van der Waals surface area contributed by atoms with Crippen LogP contribution in [0.2, 0.25) is 0 Å². The fourth-order valence-electron chi connectivity index (χ4n) is 3.32. The van der Waals surface area contributed by atoms with Crippen molar-refractivity contribution in [2.45, 2.75) is 37.4 Å². The Hall–Kier alpha value is -2.18. The van der Waals surface area contributed by atoms with Crippen molar-refractivity contribution in [3.63, 3.8) is 0 Å². The highest BCUT2D eigenvalue weighted by Gasteiger charge is 2.34. The van der Waals surface area contributed by atoms with Crippen LogP contribution in [0.4, 0.5) is 13.2 Å². The first kappa shape index (κ1) is 23.5. The van der Waals surface area contributed by atoms with Gasteiger partial charge in [0.2, 0.25) is 15.9 Å². The van der Waals surface area contributed by atoms with Crippen LogP contribution in [0, 0.1) is 12.8 Å². The zero-order valence-electron chi connectivity index (χ0n) is 16.7. The third kappa shape index (κ3) is 6.40. The zero-order valence-corrected chi connectivity index (χ0v) is 18.3. The number of aromatic nitrogens is 1. The van der Waals surface area contributed by atoms with Crippen molar-refractivity contribution in [3.8, 4) is 5.75 Å². The average molecular weight is 478 g/mol.